The minimum Gasteiger partial charge on any atom is -0.497 e. The molecule has 1 aromatic carbocycles. The van der Waals surface area contributed by atoms with E-state index in [1.165, 1.54) is 7.11 Å². The van der Waals surface area contributed by atoms with Gasteiger partial charge in [0.2, 0.25) is 11.8 Å². The van der Waals surface area contributed by atoms with Crippen LogP contribution in [0.3, 0.4) is 0 Å². The molecular formula is C21H28N2O4. The number of hydrogen-bond acceptors (Lipinski definition) is 4. The third-order valence-corrected chi connectivity index (χ3v) is 4.94. The summed E-state index contributed by atoms with van der Waals surface area (Å²) < 4.78 is 10.4. The zero-order valence-corrected chi connectivity index (χ0v) is 16.1. The van der Waals surface area contributed by atoms with Gasteiger partial charge in [0.15, 0.2) is 0 Å². The van der Waals surface area contributed by atoms with Crippen LogP contribution in [0.25, 0.3) is 0 Å². The van der Waals surface area contributed by atoms with Crippen molar-refractivity contribution in [3.63, 3.8) is 0 Å². The van der Waals surface area contributed by atoms with E-state index in [0.29, 0.717) is 36.6 Å². The molecule has 2 amide bonds. The van der Waals surface area contributed by atoms with E-state index >= 15 is 0 Å². The standard InChI is InChI=1S/C21H28N2O4/c1-5-10-21(11-6-2)12-7-13-23(21)20(25)15-19(24)22-17-14-16(26-3)8-9-18(17)27-4/h5-6,8-9,14H,1-2,7,10-13,15H2,3-4H3,(H,22,24). The summed E-state index contributed by atoms with van der Waals surface area (Å²) in [5, 5.41) is 2.75. The Kier molecular flexibility index (Phi) is 7.05. The Morgan fingerprint density at radius 3 is 2.52 bits per heavy atom. The number of benzene rings is 1. The molecule has 1 N–H and O–H groups in total. The first-order valence-corrected chi connectivity index (χ1v) is 9.04. The Labute approximate surface area is 160 Å². The van der Waals surface area contributed by atoms with Crippen LogP contribution in [0.15, 0.2) is 43.5 Å². The Morgan fingerprint density at radius 1 is 1.22 bits per heavy atom. The second kappa shape index (κ2) is 9.26. The van der Waals surface area contributed by atoms with Crippen molar-refractivity contribution < 1.29 is 19.1 Å². The summed E-state index contributed by atoms with van der Waals surface area (Å²) in [6, 6.07) is 5.11. The minimum atomic E-state index is -0.385. The van der Waals surface area contributed by atoms with E-state index < -0.39 is 0 Å². The van der Waals surface area contributed by atoms with Gasteiger partial charge >= 0.3 is 0 Å². The van der Waals surface area contributed by atoms with Gasteiger partial charge in [0, 0.05) is 18.2 Å². The lowest BCUT2D eigenvalue weighted by atomic mass is 9.88. The second-order valence-corrected chi connectivity index (χ2v) is 6.65. The molecule has 0 atom stereocenters. The van der Waals surface area contributed by atoms with Gasteiger partial charge in [-0.25, -0.2) is 0 Å². The van der Waals surface area contributed by atoms with Gasteiger partial charge in [0.05, 0.1) is 19.9 Å². The molecule has 1 saturated heterocycles. The van der Waals surface area contributed by atoms with Gasteiger partial charge in [-0.3, -0.25) is 9.59 Å². The predicted octanol–water partition coefficient (Wildman–Crippen LogP) is 3.55. The van der Waals surface area contributed by atoms with Crippen LogP contribution in [-0.4, -0.2) is 43.0 Å². The number of anilines is 1. The van der Waals surface area contributed by atoms with Gasteiger partial charge in [0.25, 0.3) is 0 Å². The Balaban J connectivity index is 2.10. The molecular weight excluding hydrogens is 344 g/mol. The van der Waals surface area contributed by atoms with E-state index in [2.05, 4.69) is 18.5 Å². The lowest BCUT2D eigenvalue weighted by molar-refractivity contribution is -0.138. The number of hydrogen-bond donors (Lipinski definition) is 1. The summed E-state index contributed by atoms with van der Waals surface area (Å²) >= 11 is 0. The molecule has 1 aromatic rings. The van der Waals surface area contributed by atoms with Crippen LogP contribution >= 0.6 is 0 Å². The summed E-state index contributed by atoms with van der Waals surface area (Å²) in [6.45, 7) is 8.29. The number of carbonyl (C=O) groups is 2. The average Bonchev–Trinajstić information content (AvgIpc) is 3.05. The van der Waals surface area contributed by atoms with Crippen LogP contribution in [0.2, 0.25) is 0 Å². The topological polar surface area (TPSA) is 67.9 Å². The molecule has 146 valence electrons. The summed E-state index contributed by atoms with van der Waals surface area (Å²) in [5.41, 5.74) is 0.161. The van der Waals surface area contributed by atoms with Gasteiger partial charge in [-0.05, 0) is 37.8 Å². The van der Waals surface area contributed by atoms with Gasteiger partial charge in [-0.15, -0.1) is 13.2 Å². The lowest BCUT2D eigenvalue weighted by Gasteiger charge is -2.37. The van der Waals surface area contributed by atoms with E-state index in [-0.39, 0.29) is 23.8 Å². The van der Waals surface area contributed by atoms with Gasteiger partial charge in [-0.1, -0.05) is 12.2 Å². The summed E-state index contributed by atoms with van der Waals surface area (Å²) in [4.78, 5) is 27.1. The maximum Gasteiger partial charge on any atom is 0.233 e. The van der Waals surface area contributed by atoms with Crippen molar-refractivity contribution in [1.29, 1.82) is 0 Å². The van der Waals surface area contributed by atoms with Crippen molar-refractivity contribution in [2.45, 2.75) is 37.6 Å². The van der Waals surface area contributed by atoms with Crippen molar-refractivity contribution in [3.8, 4) is 11.5 Å². The Morgan fingerprint density at radius 2 is 1.93 bits per heavy atom. The fourth-order valence-electron chi connectivity index (χ4n) is 3.71. The zero-order chi connectivity index (χ0) is 19.9. The van der Waals surface area contributed by atoms with E-state index in [4.69, 9.17) is 9.47 Å². The van der Waals surface area contributed by atoms with Crippen molar-refractivity contribution >= 4 is 17.5 Å². The largest absolute Gasteiger partial charge is 0.497 e. The van der Waals surface area contributed by atoms with Crippen LogP contribution in [0.5, 0.6) is 11.5 Å². The maximum absolute atomic E-state index is 12.8. The number of methoxy groups -OCH3 is 2. The molecule has 1 aliphatic rings. The van der Waals surface area contributed by atoms with Crippen LogP contribution in [0.4, 0.5) is 5.69 Å². The molecule has 0 radical (unpaired) electrons. The van der Waals surface area contributed by atoms with Gasteiger partial charge in [-0.2, -0.15) is 0 Å². The summed E-state index contributed by atoms with van der Waals surface area (Å²) in [7, 11) is 3.06. The number of amides is 2. The average molecular weight is 372 g/mol. The van der Waals surface area contributed by atoms with Crippen LogP contribution in [0.1, 0.15) is 32.1 Å². The number of ether oxygens (including phenoxy) is 2. The molecule has 0 saturated carbocycles. The Bertz CT molecular complexity index is 704. The number of likely N-dealkylation sites (tertiary alicyclic amines) is 1. The predicted molar refractivity (Wildman–Crippen MR) is 106 cm³/mol. The van der Waals surface area contributed by atoms with Crippen LogP contribution in [-0.2, 0) is 9.59 Å². The molecule has 0 spiro atoms. The van der Waals surface area contributed by atoms with Crippen LogP contribution in [0, 0.1) is 0 Å². The molecule has 0 bridgehead atoms. The highest BCUT2D eigenvalue weighted by Gasteiger charge is 2.41. The molecule has 0 unspecified atom stereocenters. The zero-order valence-electron chi connectivity index (χ0n) is 16.1. The van der Waals surface area contributed by atoms with Crippen LogP contribution < -0.4 is 14.8 Å². The van der Waals surface area contributed by atoms with E-state index in [1.807, 2.05) is 17.1 Å². The number of carbonyl (C=O) groups excluding carboxylic acids is 2. The van der Waals surface area contributed by atoms with Gasteiger partial charge < -0.3 is 19.7 Å². The quantitative estimate of drug-likeness (QED) is 0.532. The van der Waals surface area contributed by atoms with E-state index in [1.54, 1.807) is 25.3 Å². The van der Waals surface area contributed by atoms with Crippen molar-refractivity contribution in [1.82, 2.24) is 4.90 Å². The molecule has 1 heterocycles. The SMILES string of the molecule is C=CCC1(CC=C)CCCN1C(=O)CC(=O)Nc1cc(OC)ccc1OC. The summed E-state index contributed by atoms with van der Waals surface area (Å²) in [6.07, 6.45) is 6.62. The number of nitrogens with zero attached hydrogens (tertiary/aromatic N) is 1. The number of nitrogens with one attached hydrogen (secondary N) is 1. The van der Waals surface area contributed by atoms with Crippen molar-refractivity contribution in [3.05, 3.63) is 43.5 Å². The van der Waals surface area contributed by atoms with E-state index in [0.717, 1.165) is 12.8 Å². The molecule has 2 rings (SSSR count). The summed E-state index contributed by atoms with van der Waals surface area (Å²) in [5.74, 6) is 0.526. The smallest absolute Gasteiger partial charge is 0.233 e. The molecule has 6 heteroatoms. The first-order chi connectivity index (χ1) is 13.0. The molecule has 1 aliphatic heterocycles. The molecule has 1 fully saturated rings. The maximum atomic E-state index is 12.8. The normalized spacial score (nSPS) is 15.1. The fraction of sp³-hybridized carbons (Fsp3) is 0.429. The minimum absolute atomic E-state index is 0.185. The number of rotatable bonds is 9. The molecule has 0 aromatic heterocycles. The highest BCUT2D eigenvalue weighted by atomic mass is 16.5. The monoisotopic (exact) mass is 372 g/mol. The Hall–Kier alpha value is -2.76. The second-order valence-electron chi connectivity index (χ2n) is 6.65. The van der Waals surface area contributed by atoms with Gasteiger partial charge in [0.1, 0.15) is 17.9 Å². The molecule has 0 aliphatic carbocycles. The van der Waals surface area contributed by atoms with Crippen molar-refractivity contribution in [2.75, 3.05) is 26.1 Å². The lowest BCUT2D eigenvalue weighted by Crippen LogP contribution is -2.47. The first-order valence-electron chi connectivity index (χ1n) is 9.04. The first kappa shape index (κ1) is 20.6. The molecule has 27 heavy (non-hydrogen) atoms. The third kappa shape index (κ3) is 4.70. The highest BCUT2D eigenvalue weighted by molar-refractivity contribution is 6.04. The molecule has 6 nitrogen and oxygen atoms in total. The highest BCUT2D eigenvalue weighted by Crippen LogP contribution is 2.37. The van der Waals surface area contributed by atoms with E-state index in [9.17, 15) is 9.59 Å². The third-order valence-electron chi connectivity index (χ3n) is 4.94. The van der Waals surface area contributed by atoms with Crippen molar-refractivity contribution in [2.24, 2.45) is 0 Å². The fourth-order valence-corrected chi connectivity index (χ4v) is 3.71.